The van der Waals surface area contributed by atoms with Gasteiger partial charge in [-0.25, -0.2) is 9.97 Å². The summed E-state index contributed by atoms with van der Waals surface area (Å²) in [6.07, 6.45) is -0.864. The van der Waals surface area contributed by atoms with Crippen LogP contribution in [0.15, 0.2) is 24.3 Å². The highest BCUT2D eigenvalue weighted by Crippen LogP contribution is 2.37. The third-order valence-corrected chi connectivity index (χ3v) is 7.26. The molecule has 4 rings (SSSR count). The summed E-state index contributed by atoms with van der Waals surface area (Å²) in [6, 6.07) is 4.80. The molecule has 0 radical (unpaired) electrons. The Morgan fingerprint density at radius 2 is 2.03 bits per heavy atom. The molecule has 0 spiro atoms. The van der Waals surface area contributed by atoms with E-state index < -0.39 is 23.4 Å². The molecule has 6 nitrogen and oxygen atoms in total. The molecule has 10 heteroatoms. The van der Waals surface area contributed by atoms with Crippen LogP contribution in [0.1, 0.15) is 61.0 Å². The summed E-state index contributed by atoms with van der Waals surface area (Å²) in [4.78, 5) is 21.7. The van der Waals surface area contributed by atoms with Crippen molar-refractivity contribution in [3.8, 4) is 0 Å². The number of Topliss-reactive ketones (excluding diaryl/α,β-unsaturated/α-hetero) is 1. The first-order valence-corrected chi connectivity index (χ1v) is 12.1. The van der Waals surface area contributed by atoms with Gasteiger partial charge in [-0.3, -0.25) is 4.79 Å². The molecule has 0 saturated carbocycles. The molecule has 1 N–H and O–H groups in total. The second-order valence-electron chi connectivity index (χ2n) is 9.30. The summed E-state index contributed by atoms with van der Waals surface area (Å²) < 4.78 is 50.4. The molecule has 1 aliphatic carbocycles. The van der Waals surface area contributed by atoms with Crippen molar-refractivity contribution in [2.24, 2.45) is 5.92 Å². The lowest BCUT2D eigenvalue weighted by atomic mass is 9.85. The molecule has 1 unspecified atom stereocenters. The number of aromatic nitrogens is 2. The Morgan fingerprint density at radius 3 is 2.71 bits per heavy atom. The minimum Gasteiger partial charge on any atom is -0.381 e. The van der Waals surface area contributed by atoms with Crippen molar-refractivity contribution in [3.05, 3.63) is 51.9 Å². The van der Waals surface area contributed by atoms with Crippen LogP contribution < -0.4 is 5.32 Å². The molecule has 2 aromatic rings. The number of methoxy groups -OCH3 is 1. The second kappa shape index (κ2) is 10.4. The lowest BCUT2D eigenvalue weighted by molar-refractivity contribution is -0.153. The van der Waals surface area contributed by atoms with Gasteiger partial charge in [0.15, 0.2) is 5.78 Å². The molecule has 2 atom stereocenters. The summed E-state index contributed by atoms with van der Waals surface area (Å²) in [6.45, 7) is 2.81. The average Bonchev–Trinajstić information content (AvgIpc) is 3.25. The molecule has 1 aliphatic heterocycles. The number of rotatable bonds is 8. The summed E-state index contributed by atoms with van der Waals surface area (Å²) >= 11 is 6.16. The van der Waals surface area contributed by atoms with Crippen molar-refractivity contribution < 1.29 is 27.4 Å². The van der Waals surface area contributed by atoms with Crippen molar-refractivity contribution in [2.45, 2.75) is 63.3 Å². The Bertz CT molecular complexity index is 1070. The molecule has 35 heavy (non-hydrogen) atoms. The first kappa shape index (κ1) is 25.9. The molecule has 1 aromatic carbocycles. The standard InChI is InChI=1S/C25H29ClF3N3O3/c1-15(17-4-3-5-18(14-17)25(27,28)29)30-22-19-12-16(13-20(19)31-23(26)32-22)6-7-21(33)24(34-2)8-10-35-11-9-24/h3-5,14-16H,6-13H2,1-2H3,(H,30,31,32)/t15-,16?/m1/s1. The molecular formula is C25H29ClF3N3O3. The van der Waals surface area contributed by atoms with Gasteiger partial charge in [0.05, 0.1) is 11.3 Å². The quantitative estimate of drug-likeness (QED) is 0.466. The molecule has 2 aliphatic rings. The average molecular weight is 512 g/mol. The molecule has 1 fully saturated rings. The van der Waals surface area contributed by atoms with Gasteiger partial charge in [-0.2, -0.15) is 13.2 Å². The predicted molar refractivity (Wildman–Crippen MR) is 125 cm³/mol. The molecule has 0 amide bonds. The Morgan fingerprint density at radius 1 is 1.29 bits per heavy atom. The van der Waals surface area contributed by atoms with E-state index in [1.807, 2.05) is 0 Å². The van der Waals surface area contributed by atoms with E-state index in [9.17, 15) is 18.0 Å². The van der Waals surface area contributed by atoms with E-state index in [4.69, 9.17) is 21.1 Å². The Labute approximate surface area is 207 Å². The summed E-state index contributed by atoms with van der Waals surface area (Å²) in [5, 5.41) is 3.31. The van der Waals surface area contributed by atoms with E-state index in [1.165, 1.54) is 6.07 Å². The van der Waals surface area contributed by atoms with Gasteiger partial charge < -0.3 is 14.8 Å². The van der Waals surface area contributed by atoms with E-state index in [2.05, 4.69) is 15.3 Å². The van der Waals surface area contributed by atoms with E-state index in [0.717, 1.165) is 23.4 Å². The highest BCUT2D eigenvalue weighted by molar-refractivity contribution is 6.28. The SMILES string of the molecule is COC1(C(=O)CCC2Cc3nc(Cl)nc(N[C@H](C)c4cccc(C(F)(F)F)c4)c3C2)CCOCC1. The maximum atomic E-state index is 13.1. The monoisotopic (exact) mass is 511 g/mol. The first-order chi connectivity index (χ1) is 16.6. The zero-order valence-corrected chi connectivity index (χ0v) is 20.5. The minimum absolute atomic E-state index is 0.0831. The summed E-state index contributed by atoms with van der Waals surface area (Å²) in [7, 11) is 1.58. The smallest absolute Gasteiger partial charge is 0.381 e. The van der Waals surface area contributed by atoms with Gasteiger partial charge in [0.1, 0.15) is 11.4 Å². The van der Waals surface area contributed by atoms with Crippen LogP contribution in [-0.4, -0.2) is 41.7 Å². The van der Waals surface area contributed by atoms with Crippen LogP contribution in [-0.2, 0) is 33.3 Å². The fourth-order valence-corrected chi connectivity index (χ4v) is 5.16. The fourth-order valence-electron chi connectivity index (χ4n) is 4.98. The van der Waals surface area contributed by atoms with Crippen molar-refractivity contribution >= 4 is 23.2 Å². The molecule has 1 saturated heterocycles. The van der Waals surface area contributed by atoms with Gasteiger partial charge in [0, 0.05) is 51.2 Å². The highest BCUT2D eigenvalue weighted by atomic mass is 35.5. The van der Waals surface area contributed by atoms with Gasteiger partial charge in [0.2, 0.25) is 5.28 Å². The molecule has 0 bridgehead atoms. The number of benzene rings is 1. The normalized spacial score (nSPS) is 20.3. The second-order valence-corrected chi connectivity index (χ2v) is 9.64. The Hall–Kier alpha value is -2.23. The lowest BCUT2D eigenvalue weighted by Gasteiger charge is -2.34. The van der Waals surface area contributed by atoms with Crippen LogP contribution in [0.4, 0.5) is 19.0 Å². The van der Waals surface area contributed by atoms with Crippen LogP contribution in [0.25, 0.3) is 0 Å². The van der Waals surface area contributed by atoms with Crippen LogP contribution in [0.5, 0.6) is 0 Å². The summed E-state index contributed by atoms with van der Waals surface area (Å²) in [5.74, 6) is 0.816. The number of nitrogens with zero attached hydrogens (tertiary/aromatic N) is 2. The number of alkyl halides is 3. The zero-order valence-electron chi connectivity index (χ0n) is 19.8. The Balaban J connectivity index is 1.44. The third kappa shape index (κ3) is 5.78. The van der Waals surface area contributed by atoms with Gasteiger partial charge >= 0.3 is 6.18 Å². The third-order valence-electron chi connectivity index (χ3n) is 7.09. The molecule has 190 valence electrons. The number of halogens is 4. The fraction of sp³-hybridized carbons (Fsp3) is 0.560. The van der Waals surface area contributed by atoms with E-state index in [1.54, 1.807) is 20.1 Å². The Kier molecular flexibility index (Phi) is 7.68. The zero-order chi connectivity index (χ0) is 25.2. The minimum atomic E-state index is -4.41. The number of fused-ring (bicyclic) bond motifs is 1. The maximum absolute atomic E-state index is 13.1. The number of hydrogen-bond donors (Lipinski definition) is 1. The van der Waals surface area contributed by atoms with Crippen LogP contribution in [0.3, 0.4) is 0 Å². The number of hydrogen-bond acceptors (Lipinski definition) is 6. The number of carbonyl (C=O) groups excluding carboxylic acids is 1. The van der Waals surface area contributed by atoms with Gasteiger partial charge in [-0.05, 0) is 61.4 Å². The number of carbonyl (C=O) groups is 1. The largest absolute Gasteiger partial charge is 0.416 e. The van der Waals surface area contributed by atoms with E-state index in [0.29, 0.717) is 63.1 Å². The lowest BCUT2D eigenvalue weighted by Crippen LogP contribution is -2.45. The molecular weight excluding hydrogens is 483 g/mol. The maximum Gasteiger partial charge on any atom is 0.416 e. The van der Waals surface area contributed by atoms with Gasteiger partial charge in [-0.15, -0.1) is 0 Å². The van der Waals surface area contributed by atoms with Gasteiger partial charge in [0.25, 0.3) is 0 Å². The summed E-state index contributed by atoms with van der Waals surface area (Å²) in [5.41, 5.74) is 0.745. The van der Waals surface area contributed by atoms with Crippen molar-refractivity contribution in [3.63, 3.8) is 0 Å². The topological polar surface area (TPSA) is 73.3 Å². The van der Waals surface area contributed by atoms with Crippen LogP contribution in [0, 0.1) is 5.92 Å². The highest BCUT2D eigenvalue weighted by Gasteiger charge is 2.40. The number of anilines is 1. The number of nitrogens with one attached hydrogen (secondary N) is 1. The van der Waals surface area contributed by atoms with Crippen molar-refractivity contribution in [1.29, 1.82) is 0 Å². The van der Waals surface area contributed by atoms with E-state index in [-0.39, 0.29) is 17.0 Å². The number of ketones is 1. The van der Waals surface area contributed by atoms with Gasteiger partial charge in [-0.1, -0.05) is 12.1 Å². The predicted octanol–water partition coefficient (Wildman–Crippen LogP) is 5.58. The van der Waals surface area contributed by atoms with Crippen molar-refractivity contribution in [1.82, 2.24) is 9.97 Å². The van der Waals surface area contributed by atoms with Crippen LogP contribution in [0.2, 0.25) is 5.28 Å². The van der Waals surface area contributed by atoms with E-state index >= 15 is 0 Å². The molecule has 2 heterocycles. The first-order valence-electron chi connectivity index (χ1n) is 11.8. The number of ether oxygens (including phenoxy) is 2. The van der Waals surface area contributed by atoms with Crippen molar-refractivity contribution in [2.75, 3.05) is 25.6 Å². The van der Waals surface area contributed by atoms with Crippen LogP contribution >= 0.6 is 11.6 Å². The molecule has 1 aromatic heterocycles.